The Bertz CT molecular complexity index is 438. The Balaban J connectivity index is 2.88. The van der Waals surface area contributed by atoms with Crippen molar-refractivity contribution < 1.29 is 0 Å². The number of aromatic nitrogens is 3. The molecule has 2 aromatic rings. The Hall–Kier alpha value is -0.810. The molecule has 0 saturated heterocycles. The first-order valence-corrected chi connectivity index (χ1v) is 4.31. The van der Waals surface area contributed by atoms with E-state index in [-0.39, 0.29) is 5.28 Å². The number of aromatic amines is 1. The molecule has 0 atom stereocenters. The molecule has 0 amide bonds. The first kappa shape index (κ1) is 7.82. The maximum atomic E-state index is 5.60. The van der Waals surface area contributed by atoms with Crippen molar-refractivity contribution in [3.8, 4) is 0 Å². The van der Waals surface area contributed by atoms with Crippen LogP contribution in [0.5, 0.6) is 0 Å². The van der Waals surface area contributed by atoms with Gasteiger partial charge in [0.1, 0.15) is 11.5 Å². The molecule has 0 spiro atoms. The number of halogens is 2. The van der Waals surface area contributed by atoms with Crippen molar-refractivity contribution in [2.75, 3.05) is 5.73 Å². The molecule has 0 radical (unpaired) electrons. The summed E-state index contributed by atoms with van der Waals surface area (Å²) < 4.78 is 0.806. The van der Waals surface area contributed by atoms with Crippen LogP contribution in [0.2, 0.25) is 5.28 Å². The van der Waals surface area contributed by atoms with Gasteiger partial charge < -0.3 is 10.7 Å². The van der Waals surface area contributed by atoms with Gasteiger partial charge in [0.2, 0.25) is 5.28 Å². The number of hydrogen-bond donors (Lipinski definition) is 2. The van der Waals surface area contributed by atoms with E-state index >= 15 is 0 Å². The lowest BCUT2D eigenvalue weighted by molar-refractivity contribution is 1.20. The van der Waals surface area contributed by atoms with E-state index in [0.29, 0.717) is 11.5 Å². The van der Waals surface area contributed by atoms with Gasteiger partial charge in [-0.3, -0.25) is 0 Å². The number of nitrogen functional groups attached to an aromatic ring is 1. The summed E-state index contributed by atoms with van der Waals surface area (Å²) in [7, 11) is 0. The van der Waals surface area contributed by atoms with E-state index in [1.54, 1.807) is 6.07 Å². The maximum absolute atomic E-state index is 5.60. The summed E-state index contributed by atoms with van der Waals surface area (Å²) in [6, 6.07) is 1.81. The van der Waals surface area contributed by atoms with Crippen LogP contribution in [0, 0.1) is 0 Å². The molecule has 62 valence electrons. The van der Waals surface area contributed by atoms with Crippen LogP contribution in [-0.4, -0.2) is 15.0 Å². The fourth-order valence-corrected chi connectivity index (χ4v) is 1.56. The molecular formula is C6H4BrClN4. The smallest absolute Gasteiger partial charge is 0.226 e. The van der Waals surface area contributed by atoms with Crippen LogP contribution < -0.4 is 5.73 Å². The molecule has 0 bridgehead atoms. The SMILES string of the molecule is Nc1nc(Cl)nc2[nH]c(Br)cc12. The van der Waals surface area contributed by atoms with Crippen molar-refractivity contribution in [1.29, 1.82) is 0 Å². The number of nitrogens with zero attached hydrogens (tertiary/aromatic N) is 2. The Labute approximate surface area is 81.3 Å². The summed E-state index contributed by atoms with van der Waals surface area (Å²) in [5.74, 6) is 0.381. The minimum Gasteiger partial charge on any atom is -0.383 e. The van der Waals surface area contributed by atoms with Crippen molar-refractivity contribution in [1.82, 2.24) is 15.0 Å². The van der Waals surface area contributed by atoms with Crippen molar-refractivity contribution in [2.24, 2.45) is 0 Å². The van der Waals surface area contributed by atoms with Crippen molar-refractivity contribution in [3.05, 3.63) is 16.0 Å². The summed E-state index contributed by atoms with van der Waals surface area (Å²) in [5, 5.41) is 0.917. The molecule has 0 aliphatic rings. The van der Waals surface area contributed by atoms with Gasteiger partial charge in [0.25, 0.3) is 0 Å². The zero-order valence-corrected chi connectivity index (χ0v) is 8.15. The first-order chi connectivity index (χ1) is 5.66. The third kappa shape index (κ3) is 1.15. The molecule has 0 aromatic carbocycles. The van der Waals surface area contributed by atoms with E-state index in [1.807, 2.05) is 0 Å². The van der Waals surface area contributed by atoms with Crippen molar-refractivity contribution in [2.45, 2.75) is 0 Å². The van der Waals surface area contributed by atoms with Gasteiger partial charge in [-0.05, 0) is 33.6 Å². The molecule has 6 heteroatoms. The molecule has 12 heavy (non-hydrogen) atoms. The number of anilines is 1. The van der Waals surface area contributed by atoms with Gasteiger partial charge in [0.15, 0.2) is 0 Å². The normalized spacial score (nSPS) is 10.8. The summed E-state index contributed by atoms with van der Waals surface area (Å²) in [5.41, 5.74) is 6.23. The Morgan fingerprint density at radius 2 is 2.25 bits per heavy atom. The summed E-state index contributed by atoms with van der Waals surface area (Å²) in [6.07, 6.45) is 0. The van der Waals surface area contributed by atoms with Gasteiger partial charge in [-0.1, -0.05) is 0 Å². The second kappa shape index (κ2) is 2.60. The number of fused-ring (bicyclic) bond motifs is 1. The van der Waals surface area contributed by atoms with E-state index in [1.165, 1.54) is 0 Å². The zero-order valence-electron chi connectivity index (χ0n) is 5.81. The van der Waals surface area contributed by atoms with Crippen LogP contribution in [0.3, 0.4) is 0 Å². The molecular weight excluding hydrogens is 243 g/mol. The third-order valence-electron chi connectivity index (χ3n) is 1.46. The summed E-state index contributed by atoms with van der Waals surface area (Å²) >= 11 is 8.86. The monoisotopic (exact) mass is 246 g/mol. The molecule has 2 heterocycles. The van der Waals surface area contributed by atoms with Crippen LogP contribution in [0.15, 0.2) is 10.7 Å². The predicted molar refractivity (Wildman–Crippen MR) is 51.0 cm³/mol. The number of nitrogens with one attached hydrogen (secondary N) is 1. The quantitative estimate of drug-likeness (QED) is 0.699. The molecule has 0 saturated carbocycles. The van der Waals surface area contributed by atoms with Gasteiger partial charge in [-0.2, -0.15) is 4.98 Å². The largest absolute Gasteiger partial charge is 0.383 e. The highest BCUT2D eigenvalue weighted by Gasteiger charge is 2.05. The molecule has 0 unspecified atom stereocenters. The standard InChI is InChI=1S/C6H4BrClN4/c7-3-1-2-4(9)11-6(8)12-5(2)10-3/h1H,(H3,9,10,11,12). The minimum absolute atomic E-state index is 0.148. The molecule has 0 aliphatic heterocycles. The van der Waals surface area contributed by atoms with Crippen LogP contribution in [0.25, 0.3) is 11.0 Å². The van der Waals surface area contributed by atoms with E-state index in [4.69, 9.17) is 17.3 Å². The van der Waals surface area contributed by atoms with Crippen LogP contribution in [0.4, 0.5) is 5.82 Å². The first-order valence-electron chi connectivity index (χ1n) is 3.14. The highest BCUT2D eigenvalue weighted by molar-refractivity contribution is 9.10. The Morgan fingerprint density at radius 1 is 1.50 bits per heavy atom. The molecule has 0 aliphatic carbocycles. The Morgan fingerprint density at radius 3 is 3.00 bits per heavy atom. The van der Waals surface area contributed by atoms with Gasteiger partial charge in [0.05, 0.1) is 9.99 Å². The number of hydrogen-bond acceptors (Lipinski definition) is 3. The number of rotatable bonds is 0. The van der Waals surface area contributed by atoms with E-state index in [0.717, 1.165) is 9.99 Å². The average molecular weight is 247 g/mol. The maximum Gasteiger partial charge on any atom is 0.226 e. The molecule has 4 nitrogen and oxygen atoms in total. The molecule has 2 aromatic heterocycles. The Kier molecular flexibility index (Phi) is 1.69. The third-order valence-corrected chi connectivity index (χ3v) is 2.05. The molecule has 0 fully saturated rings. The van der Waals surface area contributed by atoms with Crippen LogP contribution >= 0.6 is 27.5 Å². The van der Waals surface area contributed by atoms with Crippen molar-refractivity contribution in [3.63, 3.8) is 0 Å². The zero-order chi connectivity index (χ0) is 8.72. The fraction of sp³-hybridized carbons (Fsp3) is 0. The van der Waals surface area contributed by atoms with Gasteiger partial charge in [0, 0.05) is 0 Å². The minimum atomic E-state index is 0.148. The van der Waals surface area contributed by atoms with Gasteiger partial charge in [-0.15, -0.1) is 0 Å². The van der Waals surface area contributed by atoms with E-state index in [2.05, 4.69) is 30.9 Å². The molecule has 2 rings (SSSR count). The lowest BCUT2D eigenvalue weighted by atomic mass is 10.4. The number of H-pyrrole nitrogens is 1. The highest BCUT2D eigenvalue weighted by atomic mass is 79.9. The average Bonchev–Trinajstić information content (AvgIpc) is 2.29. The van der Waals surface area contributed by atoms with Gasteiger partial charge >= 0.3 is 0 Å². The lowest BCUT2D eigenvalue weighted by Crippen LogP contribution is -1.93. The van der Waals surface area contributed by atoms with Gasteiger partial charge in [-0.25, -0.2) is 4.98 Å². The summed E-state index contributed by atoms with van der Waals surface area (Å²) in [6.45, 7) is 0. The predicted octanol–water partition coefficient (Wildman–Crippen LogP) is 1.96. The highest BCUT2D eigenvalue weighted by Crippen LogP contribution is 2.22. The van der Waals surface area contributed by atoms with E-state index < -0.39 is 0 Å². The van der Waals surface area contributed by atoms with Crippen LogP contribution in [-0.2, 0) is 0 Å². The number of nitrogens with two attached hydrogens (primary N) is 1. The fourth-order valence-electron chi connectivity index (χ4n) is 0.972. The molecule has 3 N–H and O–H groups in total. The second-order valence-electron chi connectivity index (χ2n) is 2.26. The van der Waals surface area contributed by atoms with Crippen LogP contribution in [0.1, 0.15) is 0 Å². The second-order valence-corrected chi connectivity index (χ2v) is 3.45. The van der Waals surface area contributed by atoms with E-state index in [9.17, 15) is 0 Å². The summed E-state index contributed by atoms with van der Waals surface area (Å²) in [4.78, 5) is 10.7. The van der Waals surface area contributed by atoms with Crippen molar-refractivity contribution >= 4 is 44.4 Å². The topological polar surface area (TPSA) is 67.6 Å². The lowest BCUT2D eigenvalue weighted by Gasteiger charge is -1.93.